The van der Waals surface area contributed by atoms with Crippen molar-refractivity contribution >= 4 is 0 Å². The van der Waals surface area contributed by atoms with Crippen molar-refractivity contribution in [3.05, 3.63) is 0 Å². The van der Waals surface area contributed by atoms with Gasteiger partial charge >= 0.3 is 0 Å². The minimum absolute atomic E-state index is 0.0402. The van der Waals surface area contributed by atoms with E-state index in [2.05, 4.69) is 33.0 Å². The predicted octanol–water partition coefficient (Wildman–Crippen LogP) is 2.95. The quantitative estimate of drug-likeness (QED) is 0.757. The molecular formula is C14H29NO. The van der Waals surface area contributed by atoms with E-state index in [4.69, 9.17) is 0 Å². The van der Waals surface area contributed by atoms with E-state index in [0.717, 1.165) is 24.7 Å². The molecule has 0 aromatic carbocycles. The van der Waals surface area contributed by atoms with Gasteiger partial charge in [0.05, 0.1) is 6.61 Å². The maximum absolute atomic E-state index is 9.58. The Morgan fingerprint density at radius 2 is 1.56 bits per heavy atom. The van der Waals surface area contributed by atoms with Crippen LogP contribution in [0.25, 0.3) is 0 Å². The van der Waals surface area contributed by atoms with E-state index in [1.54, 1.807) is 0 Å². The fourth-order valence-electron chi connectivity index (χ4n) is 3.22. The second-order valence-electron chi connectivity index (χ2n) is 5.90. The first kappa shape index (κ1) is 14.0. The van der Waals surface area contributed by atoms with Gasteiger partial charge in [0.25, 0.3) is 0 Å². The number of rotatable bonds is 5. The molecule has 0 amide bonds. The Morgan fingerprint density at radius 3 is 1.94 bits per heavy atom. The third kappa shape index (κ3) is 3.46. The molecule has 1 fully saturated rings. The molecule has 0 spiro atoms. The van der Waals surface area contributed by atoms with Gasteiger partial charge in [0.15, 0.2) is 0 Å². The van der Waals surface area contributed by atoms with E-state index in [0.29, 0.717) is 6.04 Å². The van der Waals surface area contributed by atoms with Gasteiger partial charge in [0.2, 0.25) is 0 Å². The number of aliphatic hydroxyl groups excluding tert-OH is 1. The molecule has 2 unspecified atom stereocenters. The van der Waals surface area contributed by atoms with Crippen LogP contribution in [0.3, 0.4) is 0 Å². The van der Waals surface area contributed by atoms with Crippen LogP contribution in [0.4, 0.5) is 0 Å². The van der Waals surface area contributed by atoms with E-state index in [9.17, 15) is 5.11 Å². The van der Waals surface area contributed by atoms with Crippen molar-refractivity contribution in [3.63, 3.8) is 0 Å². The molecular weight excluding hydrogens is 198 g/mol. The van der Waals surface area contributed by atoms with Gasteiger partial charge in [-0.05, 0) is 43.9 Å². The fourth-order valence-corrected chi connectivity index (χ4v) is 3.22. The van der Waals surface area contributed by atoms with Gasteiger partial charge in [-0.15, -0.1) is 0 Å². The number of nitrogens with one attached hydrogen (secondary N) is 1. The fraction of sp³-hybridized carbons (Fsp3) is 1.00. The van der Waals surface area contributed by atoms with Crippen molar-refractivity contribution in [2.24, 2.45) is 11.8 Å². The van der Waals surface area contributed by atoms with Gasteiger partial charge in [0.1, 0.15) is 0 Å². The van der Waals surface area contributed by atoms with Crippen LogP contribution in [0, 0.1) is 11.8 Å². The number of hydrogen-bond donors (Lipinski definition) is 2. The van der Waals surface area contributed by atoms with E-state index >= 15 is 0 Å². The van der Waals surface area contributed by atoms with E-state index in [-0.39, 0.29) is 12.1 Å². The number of aliphatic hydroxyl groups is 1. The second kappa shape index (κ2) is 6.02. The lowest BCUT2D eigenvalue weighted by atomic mass is 9.79. The zero-order valence-corrected chi connectivity index (χ0v) is 11.4. The van der Waals surface area contributed by atoms with E-state index < -0.39 is 0 Å². The Bertz CT molecular complexity index is 183. The first-order chi connectivity index (χ1) is 7.55. The number of hydrogen-bond acceptors (Lipinski definition) is 2. The van der Waals surface area contributed by atoms with Gasteiger partial charge in [0, 0.05) is 11.6 Å². The highest BCUT2D eigenvalue weighted by molar-refractivity contribution is 4.91. The third-order valence-electron chi connectivity index (χ3n) is 4.35. The van der Waals surface area contributed by atoms with Crippen molar-refractivity contribution in [1.82, 2.24) is 5.32 Å². The zero-order chi connectivity index (χ0) is 12.2. The van der Waals surface area contributed by atoms with Gasteiger partial charge in [-0.3, -0.25) is 0 Å². The summed E-state index contributed by atoms with van der Waals surface area (Å²) in [4.78, 5) is 0. The van der Waals surface area contributed by atoms with Crippen LogP contribution in [-0.4, -0.2) is 23.3 Å². The summed E-state index contributed by atoms with van der Waals surface area (Å²) in [6, 6.07) is 0.603. The van der Waals surface area contributed by atoms with Crippen molar-refractivity contribution < 1.29 is 5.11 Å². The summed E-state index contributed by atoms with van der Waals surface area (Å²) in [5.74, 6) is 1.65. The van der Waals surface area contributed by atoms with Crippen LogP contribution in [-0.2, 0) is 0 Å². The zero-order valence-electron chi connectivity index (χ0n) is 11.4. The maximum atomic E-state index is 9.58. The molecule has 0 radical (unpaired) electrons. The molecule has 96 valence electrons. The topological polar surface area (TPSA) is 32.3 Å². The molecule has 1 aliphatic rings. The molecule has 0 aromatic heterocycles. The smallest absolute Gasteiger partial charge is 0.0613 e. The van der Waals surface area contributed by atoms with Gasteiger partial charge in [-0.25, -0.2) is 0 Å². The molecule has 16 heavy (non-hydrogen) atoms. The summed E-state index contributed by atoms with van der Waals surface area (Å²) >= 11 is 0. The summed E-state index contributed by atoms with van der Waals surface area (Å²) in [6.07, 6.45) is 5.93. The minimum Gasteiger partial charge on any atom is -0.394 e. The van der Waals surface area contributed by atoms with Gasteiger partial charge in [-0.1, -0.05) is 27.7 Å². The molecule has 0 bridgehead atoms. The molecule has 2 heteroatoms. The van der Waals surface area contributed by atoms with Crippen LogP contribution in [0.1, 0.15) is 59.8 Å². The normalized spacial score (nSPS) is 31.7. The average molecular weight is 227 g/mol. The van der Waals surface area contributed by atoms with Crippen molar-refractivity contribution in [2.45, 2.75) is 71.4 Å². The first-order valence-electron chi connectivity index (χ1n) is 6.93. The summed E-state index contributed by atoms with van der Waals surface area (Å²) < 4.78 is 0. The lowest BCUT2D eigenvalue weighted by Crippen LogP contribution is -2.54. The van der Waals surface area contributed by atoms with Crippen molar-refractivity contribution in [2.75, 3.05) is 6.61 Å². The minimum atomic E-state index is -0.0402. The largest absolute Gasteiger partial charge is 0.394 e. The molecule has 2 atom stereocenters. The first-order valence-corrected chi connectivity index (χ1v) is 6.93. The lowest BCUT2D eigenvalue weighted by molar-refractivity contribution is 0.113. The monoisotopic (exact) mass is 227 g/mol. The Balaban J connectivity index is 2.57. The molecule has 0 aromatic rings. The summed E-state index contributed by atoms with van der Waals surface area (Å²) in [6.45, 7) is 9.30. The Hall–Kier alpha value is -0.0800. The SMILES string of the molecule is CCC(CC)(CO)NC1CC(C)CC(C)C1. The summed E-state index contributed by atoms with van der Waals surface area (Å²) in [5, 5.41) is 13.3. The average Bonchev–Trinajstić information content (AvgIpc) is 2.25. The van der Waals surface area contributed by atoms with Crippen LogP contribution >= 0.6 is 0 Å². The summed E-state index contributed by atoms with van der Waals surface area (Å²) in [7, 11) is 0. The van der Waals surface area contributed by atoms with Gasteiger partial charge < -0.3 is 10.4 Å². The Labute approximate surface area is 101 Å². The standard InChI is InChI=1S/C14H29NO/c1-5-14(6-2,10-16)15-13-8-11(3)7-12(4)9-13/h11-13,15-16H,5-10H2,1-4H3. The highest BCUT2D eigenvalue weighted by Crippen LogP contribution is 2.30. The van der Waals surface area contributed by atoms with Crippen LogP contribution in [0.2, 0.25) is 0 Å². The maximum Gasteiger partial charge on any atom is 0.0613 e. The van der Waals surface area contributed by atoms with Crippen LogP contribution in [0.5, 0.6) is 0 Å². The van der Waals surface area contributed by atoms with Crippen molar-refractivity contribution in [3.8, 4) is 0 Å². The second-order valence-corrected chi connectivity index (χ2v) is 5.90. The van der Waals surface area contributed by atoms with Crippen LogP contribution in [0.15, 0.2) is 0 Å². The highest BCUT2D eigenvalue weighted by Gasteiger charge is 2.31. The molecule has 2 nitrogen and oxygen atoms in total. The highest BCUT2D eigenvalue weighted by atomic mass is 16.3. The lowest BCUT2D eigenvalue weighted by Gasteiger charge is -2.40. The van der Waals surface area contributed by atoms with Crippen molar-refractivity contribution in [1.29, 1.82) is 0 Å². The van der Waals surface area contributed by atoms with E-state index in [1.165, 1.54) is 19.3 Å². The molecule has 1 saturated carbocycles. The molecule has 0 saturated heterocycles. The van der Waals surface area contributed by atoms with Gasteiger partial charge in [-0.2, -0.15) is 0 Å². The van der Waals surface area contributed by atoms with Crippen LogP contribution < -0.4 is 5.32 Å². The van der Waals surface area contributed by atoms with E-state index in [1.807, 2.05) is 0 Å². The molecule has 1 rings (SSSR count). The molecule has 1 aliphatic carbocycles. The predicted molar refractivity (Wildman–Crippen MR) is 69.5 cm³/mol. The third-order valence-corrected chi connectivity index (χ3v) is 4.35. The molecule has 0 aliphatic heterocycles. The Morgan fingerprint density at radius 1 is 1.06 bits per heavy atom. The summed E-state index contributed by atoms with van der Waals surface area (Å²) in [5.41, 5.74) is -0.0402. The molecule has 0 heterocycles. The Kier molecular flexibility index (Phi) is 5.26. The molecule has 2 N–H and O–H groups in total.